The van der Waals surface area contributed by atoms with Gasteiger partial charge in [-0.1, -0.05) is 17.8 Å². The Bertz CT molecular complexity index is 897. The minimum absolute atomic E-state index is 0.00723. The molecule has 0 aliphatic carbocycles. The SMILES string of the molecule is Cc1ccc(NC(=O)CSc2nnc(CCC(=O)O)c(=O)n2N)cc1C. The normalized spacial score (nSPS) is 10.5. The number of nitrogens with one attached hydrogen (secondary N) is 1. The number of aryl methyl sites for hydroxylation is 3. The average molecular weight is 377 g/mol. The second-order valence-corrected chi connectivity index (χ2v) is 6.58. The molecule has 4 N–H and O–H groups in total. The van der Waals surface area contributed by atoms with Gasteiger partial charge in [0.05, 0.1) is 12.2 Å². The fourth-order valence-corrected chi connectivity index (χ4v) is 2.70. The largest absolute Gasteiger partial charge is 0.481 e. The van der Waals surface area contributed by atoms with Crippen LogP contribution in [-0.2, 0) is 16.0 Å². The second-order valence-electron chi connectivity index (χ2n) is 5.63. The predicted molar refractivity (Wildman–Crippen MR) is 97.7 cm³/mol. The Hall–Kier alpha value is -2.88. The quantitative estimate of drug-likeness (QED) is 0.473. The summed E-state index contributed by atoms with van der Waals surface area (Å²) in [6, 6.07) is 5.59. The van der Waals surface area contributed by atoms with Crippen molar-refractivity contribution in [3.05, 3.63) is 45.4 Å². The smallest absolute Gasteiger partial charge is 0.303 e. The fraction of sp³-hybridized carbons (Fsp3) is 0.312. The molecule has 0 fully saturated rings. The predicted octanol–water partition coefficient (Wildman–Crippen LogP) is 0.717. The molecule has 9 nitrogen and oxygen atoms in total. The monoisotopic (exact) mass is 377 g/mol. The van der Waals surface area contributed by atoms with Crippen molar-refractivity contribution in [2.75, 3.05) is 16.9 Å². The van der Waals surface area contributed by atoms with Crippen molar-refractivity contribution in [1.82, 2.24) is 14.9 Å². The van der Waals surface area contributed by atoms with Crippen LogP contribution in [0.5, 0.6) is 0 Å². The molecule has 0 bridgehead atoms. The van der Waals surface area contributed by atoms with Gasteiger partial charge in [0, 0.05) is 12.1 Å². The van der Waals surface area contributed by atoms with Gasteiger partial charge in [0.2, 0.25) is 11.1 Å². The number of carbonyl (C=O) groups excluding carboxylic acids is 1. The summed E-state index contributed by atoms with van der Waals surface area (Å²) in [6.45, 7) is 3.93. The van der Waals surface area contributed by atoms with E-state index in [0.717, 1.165) is 27.6 Å². The van der Waals surface area contributed by atoms with E-state index >= 15 is 0 Å². The van der Waals surface area contributed by atoms with E-state index in [1.165, 1.54) is 0 Å². The number of rotatable bonds is 7. The summed E-state index contributed by atoms with van der Waals surface area (Å²) in [7, 11) is 0. The lowest BCUT2D eigenvalue weighted by molar-refractivity contribution is -0.137. The van der Waals surface area contributed by atoms with Gasteiger partial charge in [-0.3, -0.25) is 14.4 Å². The van der Waals surface area contributed by atoms with Gasteiger partial charge in [-0.15, -0.1) is 10.2 Å². The number of carboxylic acid groups (broad SMARTS) is 1. The maximum atomic E-state index is 12.0. The van der Waals surface area contributed by atoms with Crippen LogP contribution < -0.4 is 16.7 Å². The lowest BCUT2D eigenvalue weighted by Crippen LogP contribution is -2.34. The molecule has 1 heterocycles. The molecule has 0 aliphatic rings. The fourth-order valence-electron chi connectivity index (χ4n) is 2.05. The molecule has 0 aliphatic heterocycles. The first-order chi connectivity index (χ1) is 12.3. The molecule has 26 heavy (non-hydrogen) atoms. The number of nitrogens with zero attached hydrogens (tertiary/aromatic N) is 3. The Kier molecular flexibility index (Phi) is 6.34. The van der Waals surface area contributed by atoms with E-state index in [2.05, 4.69) is 15.5 Å². The number of amides is 1. The van der Waals surface area contributed by atoms with Crippen LogP contribution in [0.3, 0.4) is 0 Å². The van der Waals surface area contributed by atoms with Crippen LogP contribution in [0.1, 0.15) is 23.2 Å². The molecule has 2 aromatic rings. The third-order valence-electron chi connectivity index (χ3n) is 3.63. The zero-order chi connectivity index (χ0) is 19.3. The molecule has 1 aromatic carbocycles. The van der Waals surface area contributed by atoms with Gasteiger partial charge in [-0.25, -0.2) is 0 Å². The summed E-state index contributed by atoms with van der Waals surface area (Å²) >= 11 is 0.965. The molecule has 0 unspecified atom stereocenters. The number of aliphatic carboxylic acids is 1. The van der Waals surface area contributed by atoms with Crippen molar-refractivity contribution in [2.45, 2.75) is 31.8 Å². The van der Waals surface area contributed by atoms with E-state index in [-0.39, 0.29) is 35.4 Å². The maximum Gasteiger partial charge on any atom is 0.303 e. The summed E-state index contributed by atoms with van der Waals surface area (Å²) in [6.07, 6.45) is -0.300. The summed E-state index contributed by atoms with van der Waals surface area (Å²) in [5, 5.41) is 19.0. The molecule has 2 rings (SSSR count). The molecule has 0 saturated heterocycles. The average Bonchev–Trinajstić information content (AvgIpc) is 2.58. The van der Waals surface area contributed by atoms with Crippen LogP contribution in [0.15, 0.2) is 28.2 Å². The van der Waals surface area contributed by atoms with Crippen LogP contribution in [0.2, 0.25) is 0 Å². The Morgan fingerprint density at radius 2 is 2.00 bits per heavy atom. The van der Waals surface area contributed by atoms with E-state index in [1.54, 1.807) is 6.07 Å². The molecular weight excluding hydrogens is 358 g/mol. The highest BCUT2D eigenvalue weighted by Crippen LogP contribution is 2.16. The number of benzene rings is 1. The number of anilines is 1. The molecule has 10 heteroatoms. The highest BCUT2D eigenvalue weighted by molar-refractivity contribution is 7.99. The van der Waals surface area contributed by atoms with Gasteiger partial charge in [0.1, 0.15) is 5.69 Å². The van der Waals surface area contributed by atoms with Crippen LogP contribution in [0.4, 0.5) is 5.69 Å². The zero-order valence-corrected chi connectivity index (χ0v) is 15.2. The second kappa shape index (κ2) is 8.48. The first-order valence-corrected chi connectivity index (χ1v) is 8.72. The minimum atomic E-state index is -1.05. The van der Waals surface area contributed by atoms with Gasteiger partial charge in [0.25, 0.3) is 5.56 Å². The molecule has 1 aromatic heterocycles. The standard InChI is InChI=1S/C16H19N5O4S/c1-9-3-4-11(7-10(9)2)18-13(22)8-26-16-20-19-12(5-6-14(23)24)15(25)21(16)17/h3-4,7H,5-6,8,17H2,1-2H3,(H,18,22)(H,23,24). The summed E-state index contributed by atoms with van der Waals surface area (Å²) < 4.78 is 0.776. The van der Waals surface area contributed by atoms with Gasteiger partial charge < -0.3 is 16.3 Å². The first-order valence-electron chi connectivity index (χ1n) is 7.73. The topological polar surface area (TPSA) is 140 Å². The lowest BCUT2D eigenvalue weighted by Gasteiger charge is -2.09. The van der Waals surface area contributed by atoms with E-state index in [9.17, 15) is 14.4 Å². The lowest BCUT2D eigenvalue weighted by atomic mass is 10.1. The molecule has 138 valence electrons. The van der Waals surface area contributed by atoms with Gasteiger partial charge in [-0.2, -0.15) is 4.68 Å². The van der Waals surface area contributed by atoms with E-state index in [1.807, 2.05) is 26.0 Å². The first kappa shape index (κ1) is 19.4. The van der Waals surface area contributed by atoms with Crippen molar-refractivity contribution in [3.8, 4) is 0 Å². The third kappa shape index (κ3) is 5.06. The minimum Gasteiger partial charge on any atom is -0.481 e. The van der Waals surface area contributed by atoms with Crippen molar-refractivity contribution in [2.24, 2.45) is 0 Å². The number of nitrogens with two attached hydrogens (primary N) is 1. The van der Waals surface area contributed by atoms with E-state index in [4.69, 9.17) is 10.9 Å². The Morgan fingerprint density at radius 3 is 2.65 bits per heavy atom. The number of hydrogen-bond acceptors (Lipinski definition) is 7. The van der Waals surface area contributed by atoms with Gasteiger partial charge in [0.15, 0.2) is 0 Å². The van der Waals surface area contributed by atoms with Crippen molar-refractivity contribution in [3.63, 3.8) is 0 Å². The van der Waals surface area contributed by atoms with Crippen LogP contribution in [-0.4, -0.2) is 37.6 Å². The zero-order valence-electron chi connectivity index (χ0n) is 14.4. The van der Waals surface area contributed by atoms with Crippen molar-refractivity contribution in [1.29, 1.82) is 0 Å². The number of aromatic nitrogens is 3. The Labute approximate surface area is 153 Å². The van der Waals surface area contributed by atoms with E-state index in [0.29, 0.717) is 5.69 Å². The van der Waals surface area contributed by atoms with Crippen molar-refractivity contribution < 1.29 is 14.7 Å². The number of carboxylic acids is 1. The number of thioether (sulfide) groups is 1. The van der Waals surface area contributed by atoms with Gasteiger partial charge in [-0.05, 0) is 37.1 Å². The van der Waals surface area contributed by atoms with Crippen LogP contribution >= 0.6 is 11.8 Å². The summed E-state index contributed by atoms with van der Waals surface area (Å²) in [4.78, 5) is 34.7. The maximum absolute atomic E-state index is 12.0. The van der Waals surface area contributed by atoms with Crippen LogP contribution in [0, 0.1) is 13.8 Å². The molecule has 0 saturated carbocycles. The van der Waals surface area contributed by atoms with E-state index < -0.39 is 11.5 Å². The number of hydrogen-bond donors (Lipinski definition) is 3. The third-order valence-corrected chi connectivity index (χ3v) is 4.57. The van der Waals surface area contributed by atoms with Gasteiger partial charge >= 0.3 is 5.97 Å². The highest BCUT2D eigenvalue weighted by atomic mass is 32.2. The highest BCUT2D eigenvalue weighted by Gasteiger charge is 2.13. The van der Waals surface area contributed by atoms with Crippen LogP contribution in [0.25, 0.3) is 0 Å². The Morgan fingerprint density at radius 1 is 1.27 bits per heavy atom. The molecule has 0 spiro atoms. The molecular formula is C16H19N5O4S. The molecule has 0 atom stereocenters. The summed E-state index contributed by atoms with van der Waals surface area (Å²) in [5.74, 6) is 4.34. The Balaban J connectivity index is 1.99. The number of nitrogen functional groups attached to an aromatic ring is 1. The summed E-state index contributed by atoms with van der Waals surface area (Å²) in [5.41, 5.74) is 2.22. The number of carbonyl (C=O) groups is 2. The van der Waals surface area contributed by atoms with Crippen molar-refractivity contribution >= 4 is 29.3 Å². The molecule has 1 amide bonds. The molecule has 0 radical (unpaired) electrons.